The fourth-order valence-corrected chi connectivity index (χ4v) is 3.68. The summed E-state index contributed by atoms with van der Waals surface area (Å²) in [5, 5.41) is 32.1. The van der Waals surface area contributed by atoms with Crippen molar-refractivity contribution in [1.82, 2.24) is 20.0 Å². The predicted molar refractivity (Wildman–Crippen MR) is 121 cm³/mol. The van der Waals surface area contributed by atoms with Gasteiger partial charge in [0.2, 0.25) is 11.8 Å². The summed E-state index contributed by atoms with van der Waals surface area (Å²) >= 11 is 6.21. The van der Waals surface area contributed by atoms with Gasteiger partial charge in [-0.05, 0) is 63.6 Å². The van der Waals surface area contributed by atoms with Crippen molar-refractivity contribution in [2.24, 2.45) is 0 Å². The zero-order valence-corrected chi connectivity index (χ0v) is 19.0. The average Bonchev–Trinajstić information content (AvgIpc) is 3.35. The molecule has 162 valence electrons. The van der Waals surface area contributed by atoms with Gasteiger partial charge < -0.3 is 9.52 Å². The molecule has 0 amide bonds. The van der Waals surface area contributed by atoms with Crippen molar-refractivity contribution in [3.63, 3.8) is 0 Å². The Kier molecular flexibility index (Phi) is 5.59. The quantitative estimate of drug-likeness (QED) is 0.467. The summed E-state index contributed by atoms with van der Waals surface area (Å²) < 4.78 is 7.44. The van der Waals surface area contributed by atoms with Crippen LogP contribution in [0.4, 0.5) is 0 Å². The molecule has 0 bridgehead atoms. The van der Waals surface area contributed by atoms with Gasteiger partial charge in [0.05, 0.1) is 22.0 Å². The summed E-state index contributed by atoms with van der Waals surface area (Å²) in [5.74, 6) is 0.546. The number of hydrogen-bond donors (Lipinski definition) is 1. The first kappa shape index (κ1) is 21.8. The zero-order valence-electron chi connectivity index (χ0n) is 18.2. The maximum Gasteiger partial charge on any atom is 0.247 e. The summed E-state index contributed by atoms with van der Waals surface area (Å²) in [5.41, 5.74) is 5.04. The van der Waals surface area contributed by atoms with Crippen LogP contribution in [0.25, 0.3) is 17.1 Å². The molecule has 4 aromatic rings. The van der Waals surface area contributed by atoms with Crippen LogP contribution in [0.3, 0.4) is 0 Å². The van der Waals surface area contributed by atoms with Gasteiger partial charge >= 0.3 is 0 Å². The first-order chi connectivity index (χ1) is 15.2. The van der Waals surface area contributed by atoms with Crippen LogP contribution >= 0.6 is 11.6 Å². The SMILES string of the molecule is Cc1nn(-c2ccc(C#N)c(Cl)c2)c(C)c1Cc1ccc(-c2nnc(C(C)(C)O)o2)cc1. The maximum atomic E-state index is 10.0. The van der Waals surface area contributed by atoms with E-state index in [1.54, 1.807) is 26.0 Å². The summed E-state index contributed by atoms with van der Waals surface area (Å²) in [4.78, 5) is 0. The van der Waals surface area contributed by atoms with Crippen LogP contribution < -0.4 is 0 Å². The average molecular weight is 448 g/mol. The summed E-state index contributed by atoms with van der Waals surface area (Å²) in [7, 11) is 0. The largest absolute Gasteiger partial charge is 0.418 e. The Morgan fingerprint density at radius 1 is 1.12 bits per heavy atom. The Balaban J connectivity index is 1.58. The van der Waals surface area contributed by atoms with Gasteiger partial charge in [0.25, 0.3) is 0 Å². The molecular weight excluding hydrogens is 426 g/mol. The lowest BCUT2D eigenvalue weighted by Gasteiger charge is -2.10. The van der Waals surface area contributed by atoms with Gasteiger partial charge in [0.15, 0.2) is 0 Å². The molecule has 0 saturated heterocycles. The lowest BCUT2D eigenvalue weighted by Crippen LogP contribution is -2.15. The Morgan fingerprint density at radius 2 is 1.84 bits per heavy atom. The van der Waals surface area contributed by atoms with Crippen LogP contribution in [0, 0.1) is 25.2 Å². The summed E-state index contributed by atoms with van der Waals surface area (Å²) in [6.07, 6.45) is 0.709. The lowest BCUT2D eigenvalue weighted by molar-refractivity contribution is 0.0488. The first-order valence-electron chi connectivity index (χ1n) is 10.1. The maximum absolute atomic E-state index is 10.0. The number of rotatable bonds is 5. The van der Waals surface area contributed by atoms with Gasteiger partial charge in [0, 0.05) is 23.2 Å². The molecule has 0 fully saturated rings. The third kappa shape index (κ3) is 4.15. The molecule has 4 rings (SSSR count). The third-order valence-electron chi connectivity index (χ3n) is 5.29. The highest BCUT2D eigenvalue weighted by molar-refractivity contribution is 6.31. The second-order valence-corrected chi connectivity index (χ2v) is 8.59. The molecule has 1 N–H and O–H groups in total. The zero-order chi connectivity index (χ0) is 23.0. The highest BCUT2D eigenvalue weighted by Gasteiger charge is 2.24. The third-order valence-corrected chi connectivity index (χ3v) is 5.60. The normalized spacial score (nSPS) is 11.5. The number of hydrogen-bond acceptors (Lipinski definition) is 6. The van der Waals surface area contributed by atoms with Crippen molar-refractivity contribution >= 4 is 11.6 Å². The molecular formula is C24H22ClN5O2. The predicted octanol–water partition coefficient (Wildman–Crippen LogP) is 4.88. The molecule has 7 nitrogen and oxygen atoms in total. The van der Waals surface area contributed by atoms with Crippen molar-refractivity contribution in [2.75, 3.05) is 0 Å². The van der Waals surface area contributed by atoms with E-state index in [1.165, 1.54) is 0 Å². The van der Waals surface area contributed by atoms with E-state index in [9.17, 15) is 5.11 Å². The molecule has 0 aliphatic rings. The smallest absolute Gasteiger partial charge is 0.247 e. The highest BCUT2D eigenvalue weighted by atomic mass is 35.5. The highest BCUT2D eigenvalue weighted by Crippen LogP contribution is 2.27. The fraction of sp³-hybridized carbons (Fsp3) is 0.250. The molecule has 0 spiro atoms. The van der Waals surface area contributed by atoms with Crippen molar-refractivity contribution in [3.8, 4) is 23.2 Å². The molecule has 2 aromatic heterocycles. The van der Waals surface area contributed by atoms with Crippen LogP contribution in [0.15, 0.2) is 46.9 Å². The number of aliphatic hydroxyl groups is 1. The van der Waals surface area contributed by atoms with E-state index in [4.69, 9.17) is 21.3 Å². The number of nitriles is 1. The van der Waals surface area contributed by atoms with Gasteiger partial charge in [-0.1, -0.05) is 23.7 Å². The van der Waals surface area contributed by atoms with Gasteiger partial charge in [-0.25, -0.2) is 4.68 Å². The molecule has 32 heavy (non-hydrogen) atoms. The van der Waals surface area contributed by atoms with Crippen molar-refractivity contribution < 1.29 is 9.52 Å². The molecule has 8 heteroatoms. The van der Waals surface area contributed by atoms with E-state index < -0.39 is 5.60 Å². The Hall–Kier alpha value is -3.47. The molecule has 2 aromatic carbocycles. The van der Waals surface area contributed by atoms with E-state index in [0.717, 1.165) is 33.8 Å². The first-order valence-corrected chi connectivity index (χ1v) is 10.5. The van der Waals surface area contributed by atoms with Crippen LogP contribution in [-0.4, -0.2) is 25.1 Å². The fourth-order valence-electron chi connectivity index (χ4n) is 3.47. The van der Waals surface area contributed by atoms with Crippen LogP contribution in [0.1, 0.15) is 47.8 Å². The second-order valence-electron chi connectivity index (χ2n) is 8.18. The van der Waals surface area contributed by atoms with Gasteiger partial charge in [-0.15, -0.1) is 10.2 Å². The van der Waals surface area contributed by atoms with E-state index in [-0.39, 0.29) is 5.89 Å². The monoisotopic (exact) mass is 447 g/mol. The molecule has 2 heterocycles. The molecule has 0 unspecified atom stereocenters. The molecule has 0 aliphatic heterocycles. The van der Waals surface area contributed by atoms with Crippen molar-refractivity contribution in [3.05, 3.63) is 81.5 Å². The van der Waals surface area contributed by atoms with E-state index in [0.29, 0.717) is 22.9 Å². The van der Waals surface area contributed by atoms with Crippen molar-refractivity contribution in [2.45, 2.75) is 39.7 Å². The standard InChI is InChI=1S/C24H22ClN5O2/c1-14-20(15(2)30(29-14)19-10-9-18(13-26)21(25)12-19)11-16-5-7-17(8-6-16)22-27-28-23(32-22)24(3,4)31/h5-10,12,31H,11H2,1-4H3. The van der Waals surface area contributed by atoms with E-state index in [1.807, 2.05) is 48.9 Å². The Labute approximate surface area is 190 Å². The summed E-state index contributed by atoms with van der Waals surface area (Å²) in [6.45, 7) is 7.20. The number of nitrogens with zero attached hydrogens (tertiary/aromatic N) is 5. The van der Waals surface area contributed by atoms with E-state index in [2.05, 4.69) is 21.4 Å². The van der Waals surface area contributed by atoms with Crippen LogP contribution in [0.2, 0.25) is 5.02 Å². The van der Waals surface area contributed by atoms with Gasteiger partial charge in [-0.2, -0.15) is 10.4 Å². The topological polar surface area (TPSA) is 101 Å². The minimum absolute atomic E-state index is 0.179. The molecule has 0 saturated carbocycles. The summed E-state index contributed by atoms with van der Waals surface area (Å²) in [6, 6.07) is 15.2. The number of aryl methyl sites for hydroxylation is 1. The Morgan fingerprint density at radius 3 is 2.44 bits per heavy atom. The van der Waals surface area contributed by atoms with Crippen LogP contribution in [0.5, 0.6) is 0 Å². The van der Waals surface area contributed by atoms with Gasteiger partial charge in [0.1, 0.15) is 11.7 Å². The molecule has 0 radical (unpaired) electrons. The lowest BCUT2D eigenvalue weighted by atomic mass is 10.0. The van der Waals surface area contributed by atoms with Crippen LogP contribution in [-0.2, 0) is 12.0 Å². The second kappa shape index (κ2) is 8.23. The molecule has 0 atom stereocenters. The van der Waals surface area contributed by atoms with Gasteiger partial charge in [-0.3, -0.25) is 0 Å². The van der Waals surface area contributed by atoms with Crippen molar-refractivity contribution in [1.29, 1.82) is 5.26 Å². The number of benzene rings is 2. The number of aromatic nitrogens is 4. The minimum Gasteiger partial charge on any atom is -0.418 e. The van der Waals surface area contributed by atoms with E-state index >= 15 is 0 Å². The minimum atomic E-state index is -1.18. The number of halogens is 1. The Bertz CT molecular complexity index is 1320. The molecule has 0 aliphatic carbocycles.